The molecule has 7 heteroatoms. The summed E-state index contributed by atoms with van der Waals surface area (Å²) in [6.07, 6.45) is 11.1. The van der Waals surface area contributed by atoms with E-state index in [1.54, 1.807) is 0 Å². The van der Waals surface area contributed by atoms with Crippen LogP contribution in [0.15, 0.2) is 0 Å². The van der Waals surface area contributed by atoms with Crippen molar-refractivity contribution in [2.45, 2.75) is 94.6 Å². The zero-order valence-electron chi connectivity index (χ0n) is 20.3. The highest BCUT2D eigenvalue weighted by atomic mass is 16.4. The Hall–Kier alpha value is -0.310. The van der Waals surface area contributed by atoms with E-state index < -0.39 is 5.97 Å². The van der Waals surface area contributed by atoms with Crippen molar-refractivity contribution in [2.75, 3.05) is 0 Å². The van der Waals surface area contributed by atoms with Crippen molar-refractivity contribution >= 4 is 37.4 Å². The first kappa shape index (κ1) is 22.9. The topological polar surface area (TPSA) is 57.5 Å². The van der Waals surface area contributed by atoms with Crippen LogP contribution in [0.1, 0.15) is 78.1 Å². The lowest BCUT2D eigenvalue weighted by Gasteiger charge is -2.68. The van der Waals surface area contributed by atoms with E-state index >= 15 is 0 Å². The number of carboxylic acid groups (broad SMARTS) is 1. The quantitative estimate of drug-likeness (QED) is 0.687. The molecule has 0 aromatic heterocycles. The minimum Gasteiger partial charge on any atom is -0.481 e. The molecule has 0 amide bonds. The highest BCUT2D eigenvalue weighted by molar-refractivity contribution is 6.45. The molecule has 4 rings (SSSR count). The zero-order valence-corrected chi connectivity index (χ0v) is 20.3. The molecule has 0 aromatic rings. The van der Waals surface area contributed by atoms with Crippen LogP contribution >= 0.6 is 0 Å². The summed E-state index contributed by atoms with van der Waals surface area (Å²) in [4.78, 5) is 11.0. The van der Waals surface area contributed by atoms with Crippen LogP contribution in [0.4, 0.5) is 0 Å². The second kappa shape index (κ2) is 7.35. The first-order valence-corrected chi connectivity index (χ1v) is 12.7. The van der Waals surface area contributed by atoms with Gasteiger partial charge in [0.05, 0.1) is 0 Å². The normalized spacial score (nSPS) is 48.9. The molecule has 0 bridgehead atoms. The lowest BCUT2D eigenvalue weighted by atomic mass is 9.24. The summed E-state index contributed by atoms with van der Waals surface area (Å²) in [5.41, 5.74) is 0.750. The Balaban J connectivity index is 1.57. The van der Waals surface area contributed by atoms with Gasteiger partial charge in [-0.15, -0.1) is 0 Å². The van der Waals surface area contributed by atoms with Gasteiger partial charge in [-0.25, -0.2) is 0 Å². The smallest absolute Gasteiger partial charge is 0.303 e. The highest BCUT2D eigenvalue weighted by Gasteiger charge is 2.65. The van der Waals surface area contributed by atoms with Gasteiger partial charge in [0.1, 0.15) is 31.4 Å². The summed E-state index contributed by atoms with van der Waals surface area (Å²) >= 11 is 0. The molecular formula is C23H42B4O3. The van der Waals surface area contributed by atoms with E-state index in [1.807, 2.05) is 0 Å². The average Bonchev–Trinajstić information content (AvgIpc) is 2.96. The van der Waals surface area contributed by atoms with Gasteiger partial charge in [0.25, 0.3) is 0 Å². The number of hydrogen-bond donors (Lipinski definition) is 2. The molecule has 2 N–H and O–H groups in total. The van der Waals surface area contributed by atoms with Crippen LogP contribution in [-0.4, -0.2) is 53.7 Å². The van der Waals surface area contributed by atoms with Gasteiger partial charge in [-0.2, -0.15) is 0 Å². The standard InChI is InChI=1S/C23H42B4O3/c1-20-11-10-16-14(15(20)8-6-13(20)4-3-5-18(28)29)7-9-17-21(16,2)12-22(24,25)19(30)23(17,26)27/h13-17,19,30H,3-12,24-27H2,1-2H3,(H,28,29)/t13-,14-,15-,16-,17-,19-,20+,21+/m0/s1. The fourth-order valence-electron chi connectivity index (χ4n) is 10.3. The largest absolute Gasteiger partial charge is 0.481 e. The monoisotopic (exact) mass is 410 g/mol. The molecule has 0 unspecified atom stereocenters. The molecule has 0 aromatic carbocycles. The Kier molecular flexibility index (Phi) is 5.61. The van der Waals surface area contributed by atoms with Gasteiger partial charge in [0.2, 0.25) is 0 Å². The maximum absolute atomic E-state index is 11.2. The Morgan fingerprint density at radius 2 is 1.63 bits per heavy atom. The van der Waals surface area contributed by atoms with Crippen LogP contribution in [0.2, 0.25) is 10.4 Å². The Labute approximate surface area is 187 Å². The van der Waals surface area contributed by atoms with E-state index in [9.17, 15) is 9.90 Å². The number of fused-ring (bicyclic) bond motifs is 5. The van der Waals surface area contributed by atoms with Crippen molar-refractivity contribution in [3.05, 3.63) is 0 Å². The van der Waals surface area contributed by atoms with Crippen LogP contribution in [-0.2, 0) is 4.79 Å². The molecule has 0 spiro atoms. The van der Waals surface area contributed by atoms with Crippen LogP contribution in [0, 0.1) is 40.4 Å². The third kappa shape index (κ3) is 3.27. The van der Waals surface area contributed by atoms with Gasteiger partial charge >= 0.3 is 5.97 Å². The van der Waals surface area contributed by atoms with Crippen molar-refractivity contribution in [3.63, 3.8) is 0 Å². The van der Waals surface area contributed by atoms with E-state index in [1.165, 1.54) is 38.5 Å². The van der Waals surface area contributed by atoms with Crippen LogP contribution < -0.4 is 0 Å². The van der Waals surface area contributed by atoms with Gasteiger partial charge in [-0.3, -0.25) is 4.79 Å². The molecule has 0 radical (unpaired) electrons. The van der Waals surface area contributed by atoms with Crippen molar-refractivity contribution in [2.24, 2.45) is 40.4 Å². The number of hydrogen-bond acceptors (Lipinski definition) is 2. The predicted octanol–water partition coefficient (Wildman–Crippen LogP) is 1.25. The molecule has 4 aliphatic rings. The molecule has 0 heterocycles. The molecular weight excluding hydrogens is 367 g/mol. The van der Waals surface area contributed by atoms with Crippen molar-refractivity contribution in [1.29, 1.82) is 0 Å². The first-order valence-electron chi connectivity index (χ1n) is 12.7. The molecule has 30 heavy (non-hydrogen) atoms. The minimum atomic E-state index is -0.644. The summed E-state index contributed by atoms with van der Waals surface area (Å²) in [5, 5.41) is 20.2. The van der Waals surface area contributed by atoms with Gasteiger partial charge in [0, 0.05) is 12.5 Å². The summed E-state index contributed by atoms with van der Waals surface area (Å²) in [5.74, 6) is 3.13. The molecule has 4 saturated carbocycles. The van der Waals surface area contributed by atoms with Crippen LogP contribution in [0.3, 0.4) is 0 Å². The second-order valence-corrected chi connectivity index (χ2v) is 13.5. The van der Waals surface area contributed by atoms with Gasteiger partial charge in [-0.1, -0.05) is 37.1 Å². The number of carbonyl (C=O) groups is 1. The van der Waals surface area contributed by atoms with E-state index in [0.29, 0.717) is 23.2 Å². The summed E-state index contributed by atoms with van der Waals surface area (Å²) in [7, 11) is 9.27. The summed E-state index contributed by atoms with van der Waals surface area (Å²) in [6, 6.07) is 0. The average molecular weight is 410 g/mol. The number of aliphatic carboxylic acids is 1. The maximum atomic E-state index is 11.2. The number of carboxylic acids is 1. The lowest BCUT2D eigenvalue weighted by Crippen LogP contribution is -2.62. The van der Waals surface area contributed by atoms with E-state index in [0.717, 1.165) is 42.9 Å². The molecule has 8 atom stereocenters. The number of aliphatic hydroxyl groups is 1. The molecule has 0 saturated heterocycles. The SMILES string of the molecule is BC1(B)C[C@@]2(C)[C@H](CC[C@@H]3[C@@H]2CC[C@]2(C)[C@@H](CCCC(=O)O)CC[C@@H]32)C(B)(B)[C@H]1O. The maximum Gasteiger partial charge on any atom is 0.303 e. The molecule has 4 aliphatic carbocycles. The Morgan fingerprint density at radius 3 is 2.30 bits per heavy atom. The first-order chi connectivity index (χ1) is 13.8. The van der Waals surface area contributed by atoms with Crippen LogP contribution in [0.25, 0.3) is 0 Å². The van der Waals surface area contributed by atoms with Crippen LogP contribution in [0.5, 0.6) is 0 Å². The van der Waals surface area contributed by atoms with Crippen molar-refractivity contribution in [1.82, 2.24) is 0 Å². The Bertz CT molecular complexity index is 698. The van der Waals surface area contributed by atoms with E-state index in [4.69, 9.17) is 5.11 Å². The van der Waals surface area contributed by atoms with E-state index in [-0.39, 0.29) is 16.5 Å². The second-order valence-electron chi connectivity index (χ2n) is 13.5. The van der Waals surface area contributed by atoms with Gasteiger partial charge in [0.15, 0.2) is 0 Å². The van der Waals surface area contributed by atoms with Gasteiger partial charge < -0.3 is 10.2 Å². The lowest BCUT2D eigenvalue weighted by molar-refractivity contribution is -0.138. The molecule has 3 nitrogen and oxygen atoms in total. The minimum absolute atomic E-state index is 0.0166. The fraction of sp³-hybridized carbons (Fsp3) is 0.957. The summed E-state index contributed by atoms with van der Waals surface area (Å²) in [6.45, 7) is 5.14. The summed E-state index contributed by atoms with van der Waals surface area (Å²) < 4.78 is 0. The van der Waals surface area contributed by atoms with Gasteiger partial charge in [-0.05, 0) is 85.4 Å². The van der Waals surface area contributed by atoms with E-state index in [2.05, 4.69) is 45.2 Å². The zero-order chi connectivity index (χ0) is 22.1. The molecule has 0 aliphatic heterocycles. The molecule has 4 fully saturated rings. The number of aliphatic hydroxyl groups excluding tert-OH is 1. The third-order valence-corrected chi connectivity index (χ3v) is 11.2. The fourth-order valence-corrected chi connectivity index (χ4v) is 10.3. The Morgan fingerprint density at radius 1 is 0.967 bits per heavy atom. The highest BCUT2D eigenvalue weighted by Crippen LogP contribution is 2.72. The van der Waals surface area contributed by atoms with Crippen molar-refractivity contribution < 1.29 is 15.0 Å². The third-order valence-electron chi connectivity index (χ3n) is 11.2. The predicted molar refractivity (Wildman–Crippen MR) is 133 cm³/mol. The number of rotatable bonds is 4. The van der Waals surface area contributed by atoms with Crippen molar-refractivity contribution in [3.8, 4) is 0 Å². The molecule has 164 valence electrons.